The lowest BCUT2D eigenvalue weighted by Gasteiger charge is -2.34. The number of aliphatic imine (C=N–C) groups is 1. The molecule has 1 aromatic carbocycles. The van der Waals surface area contributed by atoms with Crippen molar-refractivity contribution in [2.24, 2.45) is 18.0 Å². The highest BCUT2D eigenvalue weighted by Crippen LogP contribution is 2.26. The van der Waals surface area contributed by atoms with Gasteiger partial charge < -0.3 is 20.3 Å². The normalized spacial score (nSPS) is 19.9. The van der Waals surface area contributed by atoms with Crippen LogP contribution in [0.2, 0.25) is 0 Å². The Morgan fingerprint density at radius 3 is 2.91 bits per heavy atom. The fraction of sp³-hybridized carbons (Fsp3) is 0.542. The molecule has 0 bridgehead atoms. The summed E-state index contributed by atoms with van der Waals surface area (Å²) in [5.74, 6) is 1.18. The monoisotopic (exact) mass is 438 g/mol. The molecule has 2 aromatic rings. The Labute approximate surface area is 190 Å². The lowest BCUT2D eigenvalue weighted by atomic mass is 10.1. The van der Waals surface area contributed by atoms with Crippen LogP contribution in [0.15, 0.2) is 41.7 Å². The topological polar surface area (TPSA) is 83.8 Å². The molecule has 1 saturated heterocycles. The molecule has 1 aliphatic carbocycles. The van der Waals surface area contributed by atoms with E-state index < -0.39 is 0 Å². The molecule has 8 nitrogen and oxygen atoms in total. The number of carbonyl (C=O) groups excluding carboxylic acids is 1. The minimum absolute atomic E-state index is 0.0181. The number of carbonyl (C=O) groups is 1. The summed E-state index contributed by atoms with van der Waals surface area (Å²) in [6.07, 6.45) is 8.16. The maximum Gasteiger partial charge on any atom is 0.227 e. The average Bonchev–Trinajstić information content (AvgIpc) is 3.49. The first-order chi connectivity index (χ1) is 15.6. The van der Waals surface area contributed by atoms with E-state index in [2.05, 4.69) is 33.6 Å². The van der Waals surface area contributed by atoms with Gasteiger partial charge in [-0.2, -0.15) is 5.10 Å². The molecule has 1 aromatic heterocycles. The number of aromatic nitrogens is 2. The number of hydrogen-bond acceptors (Lipinski definition) is 4. The number of hydrogen-bond donors (Lipinski definition) is 2. The first kappa shape index (κ1) is 22.3. The molecule has 8 heteroatoms. The molecule has 0 spiro atoms. The molecule has 1 atom stereocenters. The van der Waals surface area contributed by atoms with E-state index in [1.807, 2.05) is 37.6 Å². The molecule has 2 aliphatic rings. The SMILES string of the molecule is CCNC(=NCc1cccc(NC(=O)C2CCCC2)c1)N1CCOC(c2cnn(C)c2)C1. The van der Waals surface area contributed by atoms with E-state index in [1.165, 1.54) is 0 Å². The van der Waals surface area contributed by atoms with Gasteiger partial charge in [-0.1, -0.05) is 25.0 Å². The van der Waals surface area contributed by atoms with Crippen LogP contribution in [0.3, 0.4) is 0 Å². The highest BCUT2D eigenvalue weighted by molar-refractivity contribution is 5.92. The smallest absolute Gasteiger partial charge is 0.227 e. The van der Waals surface area contributed by atoms with Crippen LogP contribution in [0.4, 0.5) is 5.69 Å². The maximum absolute atomic E-state index is 12.5. The number of nitrogens with one attached hydrogen (secondary N) is 2. The fourth-order valence-corrected chi connectivity index (χ4v) is 4.42. The first-order valence-electron chi connectivity index (χ1n) is 11.7. The van der Waals surface area contributed by atoms with E-state index in [4.69, 9.17) is 9.73 Å². The van der Waals surface area contributed by atoms with Gasteiger partial charge in [-0.15, -0.1) is 0 Å². The summed E-state index contributed by atoms with van der Waals surface area (Å²) < 4.78 is 7.78. The second-order valence-corrected chi connectivity index (χ2v) is 8.59. The van der Waals surface area contributed by atoms with E-state index in [0.717, 1.165) is 68.1 Å². The van der Waals surface area contributed by atoms with Gasteiger partial charge in [-0.05, 0) is 37.5 Å². The second-order valence-electron chi connectivity index (χ2n) is 8.59. The molecule has 2 N–H and O–H groups in total. The van der Waals surface area contributed by atoms with Gasteiger partial charge in [0, 0.05) is 43.5 Å². The van der Waals surface area contributed by atoms with Crippen molar-refractivity contribution in [3.05, 3.63) is 47.8 Å². The zero-order valence-electron chi connectivity index (χ0n) is 19.1. The quantitative estimate of drug-likeness (QED) is 0.535. The molecule has 32 heavy (non-hydrogen) atoms. The van der Waals surface area contributed by atoms with Crippen LogP contribution < -0.4 is 10.6 Å². The predicted octanol–water partition coefficient (Wildman–Crippen LogP) is 3.09. The van der Waals surface area contributed by atoms with Gasteiger partial charge in [0.1, 0.15) is 6.10 Å². The van der Waals surface area contributed by atoms with Crippen LogP contribution in [-0.2, 0) is 23.1 Å². The number of benzene rings is 1. The fourth-order valence-electron chi connectivity index (χ4n) is 4.42. The van der Waals surface area contributed by atoms with Crippen LogP contribution in [0.1, 0.15) is 49.8 Å². The molecule has 2 fully saturated rings. The predicted molar refractivity (Wildman–Crippen MR) is 125 cm³/mol. The number of guanidine groups is 1. The summed E-state index contributed by atoms with van der Waals surface area (Å²) >= 11 is 0. The van der Waals surface area contributed by atoms with Crippen LogP contribution in [-0.4, -0.2) is 52.8 Å². The zero-order chi connectivity index (χ0) is 22.3. The molecule has 1 amide bonds. The van der Waals surface area contributed by atoms with E-state index in [-0.39, 0.29) is 17.9 Å². The third-order valence-electron chi connectivity index (χ3n) is 6.13. The average molecular weight is 439 g/mol. The van der Waals surface area contributed by atoms with Crippen molar-refractivity contribution in [1.82, 2.24) is 20.0 Å². The van der Waals surface area contributed by atoms with Crippen LogP contribution in [0.25, 0.3) is 0 Å². The van der Waals surface area contributed by atoms with Gasteiger partial charge in [-0.25, -0.2) is 4.99 Å². The van der Waals surface area contributed by atoms with E-state index in [0.29, 0.717) is 13.2 Å². The van der Waals surface area contributed by atoms with Crippen LogP contribution >= 0.6 is 0 Å². The van der Waals surface area contributed by atoms with Crippen molar-refractivity contribution in [3.8, 4) is 0 Å². The molecular weight excluding hydrogens is 404 g/mol. The molecule has 1 unspecified atom stereocenters. The Bertz CT molecular complexity index is 934. The van der Waals surface area contributed by atoms with Gasteiger partial charge in [0.2, 0.25) is 5.91 Å². The summed E-state index contributed by atoms with van der Waals surface area (Å²) in [5.41, 5.74) is 3.00. The number of rotatable bonds is 6. The van der Waals surface area contributed by atoms with Crippen LogP contribution in [0, 0.1) is 5.92 Å². The summed E-state index contributed by atoms with van der Waals surface area (Å²) in [6.45, 7) is 5.59. The Morgan fingerprint density at radius 2 is 2.16 bits per heavy atom. The molecular formula is C24H34N6O2. The van der Waals surface area contributed by atoms with Gasteiger partial charge in [0.15, 0.2) is 5.96 Å². The maximum atomic E-state index is 12.5. The number of ether oxygens (including phenoxy) is 1. The van der Waals surface area contributed by atoms with Crippen molar-refractivity contribution in [1.29, 1.82) is 0 Å². The zero-order valence-corrected chi connectivity index (χ0v) is 19.1. The minimum atomic E-state index is -0.0181. The Balaban J connectivity index is 1.41. The lowest BCUT2D eigenvalue weighted by Crippen LogP contribution is -2.48. The third-order valence-corrected chi connectivity index (χ3v) is 6.13. The number of aryl methyl sites for hydroxylation is 1. The van der Waals surface area contributed by atoms with E-state index in [1.54, 1.807) is 4.68 Å². The Hall–Kier alpha value is -2.87. The lowest BCUT2D eigenvalue weighted by molar-refractivity contribution is -0.119. The van der Waals surface area contributed by atoms with Crippen LogP contribution in [0.5, 0.6) is 0 Å². The van der Waals surface area contributed by atoms with Crippen molar-refractivity contribution in [2.75, 3.05) is 31.6 Å². The summed E-state index contributed by atoms with van der Waals surface area (Å²) in [4.78, 5) is 19.6. The largest absolute Gasteiger partial charge is 0.370 e. The number of morpholine rings is 1. The highest BCUT2D eigenvalue weighted by atomic mass is 16.5. The van der Waals surface area contributed by atoms with Gasteiger partial charge in [-0.3, -0.25) is 9.48 Å². The standard InChI is InChI=1S/C24H34N6O2/c1-3-25-24(30-11-12-32-22(17-30)20-15-27-29(2)16-20)26-14-18-7-6-10-21(13-18)28-23(31)19-8-4-5-9-19/h6-7,10,13,15-16,19,22H,3-5,8-9,11-12,14,17H2,1-2H3,(H,25,26)(H,28,31). The van der Waals surface area contributed by atoms with E-state index >= 15 is 0 Å². The van der Waals surface area contributed by atoms with Gasteiger partial charge >= 0.3 is 0 Å². The summed E-state index contributed by atoms with van der Waals surface area (Å²) in [5, 5.41) is 10.8. The number of amides is 1. The Morgan fingerprint density at radius 1 is 1.31 bits per heavy atom. The second kappa shape index (κ2) is 10.6. The van der Waals surface area contributed by atoms with E-state index in [9.17, 15) is 4.79 Å². The van der Waals surface area contributed by atoms with Crippen molar-refractivity contribution >= 4 is 17.6 Å². The molecule has 4 rings (SSSR count). The summed E-state index contributed by atoms with van der Waals surface area (Å²) in [7, 11) is 1.92. The minimum Gasteiger partial charge on any atom is -0.370 e. The molecule has 1 aliphatic heterocycles. The first-order valence-corrected chi connectivity index (χ1v) is 11.7. The third kappa shape index (κ3) is 5.68. The van der Waals surface area contributed by atoms with Crippen molar-refractivity contribution in [2.45, 2.75) is 45.3 Å². The molecule has 0 radical (unpaired) electrons. The van der Waals surface area contributed by atoms with Crippen molar-refractivity contribution in [3.63, 3.8) is 0 Å². The molecule has 2 heterocycles. The van der Waals surface area contributed by atoms with Gasteiger partial charge in [0.25, 0.3) is 0 Å². The van der Waals surface area contributed by atoms with Gasteiger partial charge in [0.05, 0.1) is 25.9 Å². The Kier molecular flexibility index (Phi) is 7.42. The highest BCUT2D eigenvalue weighted by Gasteiger charge is 2.25. The molecule has 172 valence electrons. The summed E-state index contributed by atoms with van der Waals surface area (Å²) in [6, 6.07) is 8.01. The van der Waals surface area contributed by atoms with Crippen molar-refractivity contribution < 1.29 is 9.53 Å². The number of nitrogens with zero attached hydrogens (tertiary/aromatic N) is 4. The molecule has 1 saturated carbocycles. The number of anilines is 1.